The summed E-state index contributed by atoms with van der Waals surface area (Å²) in [5, 5.41) is 11.9. The van der Waals surface area contributed by atoms with Crippen molar-refractivity contribution in [3.8, 4) is 0 Å². The van der Waals surface area contributed by atoms with E-state index in [0.29, 0.717) is 12.8 Å². The Morgan fingerprint density at radius 1 is 1.04 bits per heavy atom. The molecular formula is C20H38NO4. The van der Waals surface area contributed by atoms with E-state index < -0.39 is 6.10 Å². The van der Waals surface area contributed by atoms with Crippen molar-refractivity contribution in [2.45, 2.75) is 109 Å². The monoisotopic (exact) mass is 356 g/mol. The van der Waals surface area contributed by atoms with E-state index in [0.717, 1.165) is 25.5 Å². The Bertz CT molecular complexity index is 323. The number of unbranched alkanes of at least 4 members (excludes halogenated alkanes) is 9. The molecule has 0 fully saturated rings. The summed E-state index contributed by atoms with van der Waals surface area (Å²) in [6, 6.07) is 0.00995. The Balaban J connectivity index is 3.66. The third-order valence-corrected chi connectivity index (χ3v) is 4.46. The topological polar surface area (TPSA) is 75.6 Å². The fraction of sp³-hybridized carbons (Fsp3) is 0.850. The van der Waals surface area contributed by atoms with Crippen LogP contribution in [0, 0.1) is 6.42 Å². The molecule has 0 rings (SSSR count). The van der Waals surface area contributed by atoms with Gasteiger partial charge in [0.1, 0.15) is 12.4 Å². The molecule has 0 saturated heterocycles. The van der Waals surface area contributed by atoms with Crippen LogP contribution in [0.5, 0.6) is 0 Å². The molecule has 5 heteroatoms. The van der Waals surface area contributed by atoms with Crippen LogP contribution in [0.25, 0.3) is 0 Å². The van der Waals surface area contributed by atoms with Gasteiger partial charge < -0.3 is 10.1 Å². The minimum absolute atomic E-state index is 0.00995. The van der Waals surface area contributed by atoms with Crippen molar-refractivity contribution in [2.75, 3.05) is 0 Å². The second-order valence-electron chi connectivity index (χ2n) is 6.97. The van der Waals surface area contributed by atoms with E-state index in [1.807, 2.05) is 6.92 Å². The molecule has 2 N–H and O–H groups in total. The van der Waals surface area contributed by atoms with Crippen LogP contribution in [-0.2, 0) is 14.5 Å². The average Bonchev–Trinajstić information content (AvgIpc) is 2.59. The maximum absolute atomic E-state index is 11.9. The molecule has 0 bridgehead atoms. The van der Waals surface area contributed by atoms with Crippen molar-refractivity contribution >= 4 is 12.2 Å². The highest BCUT2D eigenvalue weighted by atomic mass is 17.1. The Morgan fingerprint density at radius 3 is 2.20 bits per heavy atom. The average molecular weight is 357 g/mol. The zero-order valence-corrected chi connectivity index (χ0v) is 16.2. The van der Waals surface area contributed by atoms with Crippen LogP contribution in [0.1, 0.15) is 97.3 Å². The maximum Gasteiger partial charge on any atom is 0.222 e. The third kappa shape index (κ3) is 16.3. The number of aldehydes is 1. The molecule has 0 aromatic carbocycles. The molecule has 0 aromatic heterocycles. The van der Waals surface area contributed by atoms with E-state index in [2.05, 4.69) is 17.1 Å². The number of hydrogen-bond acceptors (Lipinski definition) is 4. The van der Waals surface area contributed by atoms with E-state index in [1.54, 1.807) is 6.42 Å². The summed E-state index contributed by atoms with van der Waals surface area (Å²) >= 11 is 0. The van der Waals surface area contributed by atoms with Gasteiger partial charge in [0.25, 0.3) is 0 Å². The number of nitrogens with one attached hydrogen (secondary N) is 1. The first-order valence-electron chi connectivity index (χ1n) is 10.0. The van der Waals surface area contributed by atoms with E-state index >= 15 is 0 Å². The van der Waals surface area contributed by atoms with Crippen molar-refractivity contribution in [1.29, 1.82) is 0 Å². The van der Waals surface area contributed by atoms with E-state index in [9.17, 15) is 9.59 Å². The maximum atomic E-state index is 11.9. The molecule has 0 heterocycles. The molecule has 25 heavy (non-hydrogen) atoms. The van der Waals surface area contributed by atoms with Gasteiger partial charge in [-0.2, -0.15) is 0 Å². The van der Waals surface area contributed by atoms with Crippen LogP contribution in [0.3, 0.4) is 0 Å². The van der Waals surface area contributed by atoms with Crippen molar-refractivity contribution in [3.05, 3.63) is 6.42 Å². The molecule has 0 aliphatic rings. The fourth-order valence-corrected chi connectivity index (χ4v) is 2.90. The molecule has 5 nitrogen and oxygen atoms in total. The second-order valence-corrected chi connectivity index (χ2v) is 6.97. The standard InChI is InChI=1S/C20H38NO4/c1-3-4-5-6-7-8-9-10-11-15-19(25-24)17-20(23)21-18(2)14-12-13-16-22/h13,16,18-19,24H,3-12,14-15,17H2,1-2H3,(H,21,23)/t18?,19-/m1/s1. The Labute approximate surface area is 153 Å². The minimum Gasteiger partial charge on any atom is -0.354 e. The van der Waals surface area contributed by atoms with Crippen LogP contribution in [0.4, 0.5) is 0 Å². The minimum atomic E-state index is -0.432. The van der Waals surface area contributed by atoms with Gasteiger partial charge in [-0.15, -0.1) is 0 Å². The molecule has 0 aromatic rings. The van der Waals surface area contributed by atoms with Crippen LogP contribution in [-0.4, -0.2) is 29.6 Å². The summed E-state index contributed by atoms with van der Waals surface area (Å²) in [5.41, 5.74) is 0. The van der Waals surface area contributed by atoms with Crippen molar-refractivity contribution in [2.24, 2.45) is 0 Å². The molecule has 0 saturated carbocycles. The largest absolute Gasteiger partial charge is 0.354 e. The van der Waals surface area contributed by atoms with Crippen LogP contribution >= 0.6 is 0 Å². The van der Waals surface area contributed by atoms with Gasteiger partial charge in [0.2, 0.25) is 5.91 Å². The van der Waals surface area contributed by atoms with Gasteiger partial charge in [0, 0.05) is 12.5 Å². The van der Waals surface area contributed by atoms with Gasteiger partial charge in [-0.25, -0.2) is 4.89 Å². The number of carbonyl (C=O) groups excluding carboxylic acids is 2. The Kier molecular flexibility index (Phi) is 17.2. The van der Waals surface area contributed by atoms with Crippen LogP contribution in [0.2, 0.25) is 0 Å². The molecule has 147 valence electrons. The summed E-state index contributed by atoms with van der Waals surface area (Å²) in [5.74, 6) is -0.117. The van der Waals surface area contributed by atoms with Crippen LogP contribution in [0.15, 0.2) is 0 Å². The predicted molar refractivity (Wildman–Crippen MR) is 101 cm³/mol. The smallest absolute Gasteiger partial charge is 0.222 e. The first-order valence-corrected chi connectivity index (χ1v) is 10.0. The van der Waals surface area contributed by atoms with Gasteiger partial charge >= 0.3 is 0 Å². The Morgan fingerprint density at radius 2 is 1.64 bits per heavy atom. The third-order valence-electron chi connectivity index (χ3n) is 4.46. The van der Waals surface area contributed by atoms with E-state index in [1.165, 1.54) is 44.9 Å². The predicted octanol–water partition coefficient (Wildman–Crippen LogP) is 4.84. The van der Waals surface area contributed by atoms with E-state index in [4.69, 9.17) is 5.26 Å². The number of amides is 1. The van der Waals surface area contributed by atoms with Gasteiger partial charge in [-0.05, 0) is 26.2 Å². The molecule has 1 amide bonds. The molecule has 1 radical (unpaired) electrons. The Hall–Kier alpha value is -0.940. The molecule has 2 atom stereocenters. The lowest BCUT2D eigenvalue weighted by molar-refractivity contribution is -0.279. The highest BCUT2D eigenvalue weighted by Gasteiger charge is 2.16. The summed E-state index contributed by atoms with van der Waals surface area (Å²) in [7, 11) is 0. The quantitative estimate of drug-likeness (QED) is 0.159. The zero-order chi connectivity index (χ0) is 18.8. The van der Waals surface area contributed by atoms with Crippen LogP contribution < -0.4 is 5.32 Å². The molecular weight excluding hydrogens is 318 g/mol. The lowest BCUT2D eigenvalue weighted by Gasteiger charge is -2.16. The SMILES string of the molecule is CCCCCCCCCCC[C@H](CC(=O)NC(C)CC[CH]C=O)OO. The number of hydrogen-bond donors (Lipinski definition) is 2. The van der Waals surface area contributed by atoms with E-state index in [-0.39, 0.29) is 18.4 Å². The van der Waals surface area contributed by atoms with Crippen molar-refractivity contribution in [1.82, 2.24) is 5.32 Å². The lowest BCUT2D eigenvalue weighted by Crippen LogP contribution is -2.35. The van der Waals surface area contributed by atoms with Gasteiger partial charge in [-0.1, -0.05) is 64.7 Å². The number of carbonyl (C=O) groups is 2. The molecule has 0 aliphatic heterocycles. The highest BCUT2D eigenvalue weighted by molar-refractivity contribution is 5.76. The summed E-state index contributed by atoms with van der Waals surface area (Å²) < 4.78 is 0. The van der Waals surface area contributed by atoms with Crippen molar-refractivity contribution in [3.63, 3.8) is 0 Å². The summed E-state index contributed by atoms with van der Waals surface area (Å²) in [6.45, 7) is 4.14. The normalized spacial score (nSPS) is 13.4. The van der Waals surface area contributed by atoms with Gasteiger partial charge in [-0.3, -0.25) is 10.1 Å². The zero-order valence-electron chi connectivity index (χ0n) is 16.2. The molecule has 1 unspecified atom stereocenters. The highest BCUT2D eigenvalue weighted by Crippen LogP contribution is 2.13. The lowest BCUT2D eigenvalue weighted by atomic mass is 10.0. The van der Waals surface area contributed by atoms with Crippen molar-refractivity contribution < 1.29 is 19.7 Å². The summed E-state index contributed by atoms with van der Waals surface area (Å²) in [6.07, 6.45) is 15.3. The first-order chi connectivity index (χ1) is 12.1. The molecule has 0 aliphatic carbocycles. The van der Waals surface area contributed by atoms with Gasteiger partial charge in [0.15, 0.2) is 0 Å². The fourth-order valence-electron chi connectivity index (χ4n) is 2.90. The number of rotatable bonds is 18. The second kappa shape index (κ2) is 17.9. The summed E-state index contributed by atoms with van der Waals surface area (Å²) in [4.78, 5) is 26.6. The first kappa shape index (κ1) is 24.1. The van der Waals surface area contributed by atoms with Gasteiger partial charge in [0.05, 0.1) is 6.42 Å². The molecule has 0 spiro atoms.